The first-order valence-corrected chi connectivity index (χ1v) is 12.5. The molecule has 0 unspecified atom stereocenters. The highest BCUT2D eigenvalue weighted by Crippen LogP contribution is 2.34. The molecule has 0 spiro atoms. The zero-order valence-electron chi connectivity index (χ0n) is 23.0. The molecule has 1 aliphatic rings. The molecule has 7 nitrogen and oxygen atoms in total. The Bertz CT molecular complexity index is 1440. The molecule has 198 valence electrons. The molecule has 0 saturated carbocycles. The van der Waals surface area contributed by atoms with Crippen LogP contribution < -0.4 is 9.47 Å². The van der Waals surface area contributed by atoms with Crippen LogP contribution in [0.3, 0.4) is 0 Å². The van der Waals surface area contributed by atoms with Crippen LogP contribution in [0.25, 0.3) is 11.8 Å². The van der Waals surface area contributed by atoms with Crippen LogP contribution in [0.4, 0.5) is 0 Å². The van der Waals surface area contributed by atoms with Gasteiger partial charge in [-0.05, 0) is 87.2 Å². The number of nitrogens with zero attached hydrogens (tertiary/aromatic N) is 2. The summed E-state index contributed by atoms with van der Waals surface area (Å²) >= 11 is 0. The van der Waals surface area contributed by atoms with E-state index >= 15 is 0 Å². The van der Waals surface area contributed by atoms with Gasteiger partial charge in [-0.1, -0.05) is 18.2 Å². The van der Waals surface area contributed by atoms with Crippen molar-refractivity contribution in [3.8, 4) is 17.2 Å². The van der Waals surface area contributed by atoms with Crippen LogP contribution in [0.5, 0.6) is 11.5 Å². The number of aryl methyl sites for hydroxylation is 2. The number of allylic oxidation sites excluding steroid dienone is 1. The largest absolute Gasteiger partial charge is 0.497 e. The SMILES string of the molecule is COC(=O)C1=C(C)N(CCc2ccc(OC)cc2)C(=O)/C1=C\c1cc(C)n(-c2cc(C)ccc2OC)c1C. The number of ether oxygens (including phenoxy) is 3. The second-order valence-corrected chi connectivity index (χ2v) is 9.40. The molecule has 38 heavy (non-hydrogen) atoms. The molecule has 0 radical (unpaired) electrons. The van der Waals surface area contributed by atoms with Gasteiger partial charge < -0.3 is 23.7 Å². The quantitative estimate of drug-likeness (QED) is 0.300. The van der Waals surface area contributed by atoms with Gasteiger partial charge in [-0.25, -0.2) is 4.79 Å². The van der Waals surface area contributed by atoms with Gasteiger partial charge >= 0.3 is 5.97 Å². The third-order valence-corrected chi connectivity index (χ3v) is 7.03. The van der Waals surface area contributed by atoms with Crippen LogP contribution in [0.2, 0.25) is 0 Å². The van der Waals surface area contributed by atoms with Crippen LogP contribution in [-0.4, -0.2) is 49.2 Å². The summed E-state index contributed by atoms with van der Waals surface area (Å²) in [6.45, 7) is 8.27. The number of carbonyl (C=O) groups is 2. The number of benzene rings is 2. The molecule has 0 fully saturated rings. The van der Waals surface area contributed by atoms with Crippen LogP contribution in [-0.2, 0) is 20.7 Å². The maximum atomic E-state index is 13.7. The minimum atomic E-state index is -0.525. The highest BCUT2D eigenvalue weighted by atomic mass is 16.5. The van der Waals surface area contributed by atoms with Crippen molar-refractivity contribution >= 4 is 18.0 Å². The predicted octanol–water partition coefficient (Wildman–Crippen LogP) is 5.34. The van der Waals surface area contributed by atoms with Crippen molar-refractivity contribution in [1.82, 2.24) is 9.47 Å². The lowest BCUT2D eigenvalue weighted by molar-refractivity contribution is -0.136. The number of hydrogen-bond acceptors (Lipinski definition) is 5. The summed E-state index contributed by atoms with van der Waals surface area (Å²) in [5.41, 5.74) is 7.09. The Morgan fingerprint density at radius 1 is 0.921 bits per heavy atom. The number of esters is 1. The number of hydrogen-bond donors (Lipinski definition) is 0. The minimum absolute atomic E-state index is 0.214. The smallest absolute Gasteiger partial charge is 0.340 e. The molecule has 1 amide bonds. The highest BCUT2D eigenvalue weighted by molar-refractivity contribution is 6.16. The number of carbonyl (C=O) groups excluding carboxylic acids is 2. The zero-order valence-corrected chi connectivity index (χ0v) is 23.0. The van der Waals surface area contributed by atoms with Gasteiger partial charge in [-0.15, -0.1) is 0 Å². The fraction of sp³-hybridized carbons (Fsp3) is 0.290. The van der Waals surface area contributed by atoms with E-state index in [1.54, 1.807) is 32.1 Å². The normalized spacial score (nSPS) is 14.4. The minimum Gasteiger partial charge on any atom is -0.497 e. The molecule has 0 saturated heterocycles. The van der Waals surface area contributed by atoms with Crippen molar-refractivity contribution in [2.45, 2.75) is 34.1 Å². The van der Waals surface area contributed by atoms with Gasteiger partial charge in [0.15, 0.2) is 0 Å². The van der Waals surface area contributed by atoms with Crippen molar-refractivity contribution in [1.29, 1.82) is 0 Å². The van der Waals surface area contributed by atoms with E-state index in [0.717, 1.165) is 45.3 Å². The number of aromatic nitrogens is 1. The third kappa shape index (κ3) is 4.96. The van der Waals surface area contributed by atoms with Crippen LogP contribution >= 0.6 is 0 Å². The Labute approximate surface area is 223 Å². The van der Waals surface area contributed by atoms with Crippen LogP contribution in [0.15, 0.2) is 65.4 Å². The second kappa shape index (κ2) is 11.0. The summed E-state index contributed by atoms with van der Waals surface area (Å²) in [5.74, 6) is 0.794. The van der Waals surface area contributed by atoms with Gasteiger partial charge in [-0.3, -0.25) is 4.79 Å². The summed E-state index contributed by atoms with van der Waals surface area (Å²) in [6.07, 6.45) is 2.43. The van der Waals surface area contributed by atoms with E-state index in [-0.39, 0.29) is 5.91 Å². The van der Waals surface area contributed by atoms with Crippen LogP contribution in [0.1, 0.15) is 35.0 Å². The predicted molar refractivity (Wildman–Crippen MR) is 148 cm³/mol. The van der Waals surface area contributed by atoms with E-state index in [9.17, 15) is 9.59 Å². The van der Waals surface area contributed by atoms with Crippen molar-refractivity contribution in [2.24, 2.45) is 0 Å². The molecular weight excluding hydrogens is 480 g/mol. The van der Waals surface area contributed by atoms with Crippen molar-refractivity contribution in [3.63, 3.8) is 0 Å². The summed E-state index contributed by atoms with van der Waals surface area (Å²) in [7, 11) is 4.61. The fourth-order valence-electron chi connectivity index (χ4n) is 4.97. The van der Waals surface area contributed by atoms with E-state index in [1.165, 1.54) is 7.11 Å². The van der Waals surface area contributed by atoms with Crippen molar-refractivity contribution in [2.75, 3.05) is 27.9 Å². The lowest BCUT2D eigenvalue weighted by Crippen LogP contribution is -2.27. The standard InChI is InChI=1S/C31H34N2O5/c1-19-8-13-28(37-6)27(16-19)33-20(2)17-24(21(33)3)18-26-29(31(35)38-7)22(4)32(30(26)34)15-14-23-9-11-25(36-5)12-10-23/h8-13,16-18H,14-15H2,1-7H3/b26-18-. The van der Waals surface area contributed by atoms with E-state index in [1.807, 2.05) is 63.2 Å². The molecule has 3 aromatic rings. The van der Waals surface area contributed by atoms with Gasteiger partial charge in [0.1, 0.15) is 11.5 Å². The Morgan fingerprint density at radius 2 is 1.63 bits per heavy atom. The average molecular weight is 515 g/mol. The van der Waals surface area contributed by atoms with E-state index in [2.05, 4.69) is 10.6 Å². The Balaban J connectivity index is 1.71. The molecule has 2 aromatic carbocycles. The van der Waals surface area contributed by atoms with Gasteiger partial charge in [0.2, 0.25) is 0 Å². The molecule has 1 aromatic heterocycles. The topological polar surface area (TPSA) is 70.0 Å². The zero-order chi connectivity index (χ0) is 27.6. The van der Waals surface area contributed by atoms with Gasteiger partial charge in [0, 0.05) is 23.6 Å². The molecule has 0 N–H and O–H groups in total. The molecule has 0 atom stereocenters. The van der Waals surface area contributed by atoms with Gasteiger partial charge in [-0.2, -0.15) is 0 Å². The van der Waals surface area contributed by atoms with Gasteiger partial charge in [0.25, 0.3) is 5.91 Å². The second-order valence-electron chi connectivity index (χ2n) is 9.40. The number of methoxy groups -OCH3 is 3. The molecule has 1 aliphatic heterocycles. The summed E-state index contributed by atoms with van der Waals surface area (Å²) in [6, 6.07) is 15.8. The molecule has 2 heterocycles. The summed E-state index contributed by atoms with van der Waals surface area (Å²) in [5, 5.41) is 0. The Morgan fingerprint density at radius 3 is 2.26 bits per heavy atom. The molecule has 7 heteroatoms. The van der Waals surface area contributed by atoms with E-state index in [4.69, 9.17) is 14.2 Å². The lowest BCUT2D eigenvalue weighted by Gasteiger charge is -2.18. The molecule has 0 bridgehead atoms. The maximum Gasteiger partial charge on any atom is 0.340 e. The average Bonchev–Trinajstić information content (AvgIpc) is 3.32. The Kier molecular flexibility index (Phi) is 7.76. The van der Waals surface area contributed by atoms with E-state index < -0.39 is 5.97 Å². The maximum absolute atomic E-state index is 13.7. The fourth-order valence-corrected chi connectivity index (χ4v) is 4.97. The Hall–Kier alpha value is -4.26. The molecular formula is C31H34N2O5. The van der Waals surface area contributed by atoms with E-state index in [0.29, 0.717) is 29.8 Å². The number of rotatable bonds is 8. The molecule has 4 rings (SSSR count). The molecule has 0 aliphatic carbocycles. The van der Waals surface area contributed by atoms with Crippen molar-refractivity contribution < 1.29 is 23.8 Å². The first-order valence-electron chi connectivity index (χ1n) is 12.5. The summed E-state index contributed by atoms with van der Waals surface area (Å²) < 4.78 is 18.0. The first-order chi connectivity index (χ1) is 18.2. The highest BCUT2D eigenvalue weighted by Gasteiger charge is 2.37. The summed E-state index contributed by atoms with van der Waals surface area (Å²) in [4.78, 5) is 28.1. The van der Waals surface area contributed by atoms with Crippen molar-refractivity contribution in [3.05, 3.63) is 93.5 Å². The van der Waals surface area contributed by atoms with Gasteiger partial charge in [0.05, 0.1) is 38.2 Å². The van der Waals surface area contributed by atoms with Crippen LogP contribution in [0, 0.1) is 20.8 Å². The lowest BCUT2D eigenvalue weighted by atomic mass is 10.0. The monoisotopic (exact) mass is 514 g/mol. The third-order valence-electron chi connectivity index (χ3n) is 7.03. The number of amides is 1. The first kappa shape index (κ1) is 26.8.